The van der Waals surface area contributed by atoms with Crippen LogP contribution in [0.2, 0.25) is 0 Å². The predicted octanol–water partition coefficient (Wildman–Crippen LogP) is 5.58. The summed E-state index contributed by atoms with van der Waals surface area (Å²) in [4.78, 5) is 23.7. The molecule has 4 aromatic rings. The summed E-state index contributed by atoms with van der Waals surface area (Å²) in [7, 11) is -3.58. The number of anilines is 2. The Kier molecular flexibility index (Phi) is 8.30. The van der Waals surface area contributed by atoms with Crippen LogP contribution in [0.1, 0.15) is 20.8 Å². The number of piperazine rings is 1. The van der Waals surface area contributed by atoms with Crippen LogP contribution in [0.15, 0.2) is 59.8 Å². The molecule has 0 spiro atoms. The van der Waals surface area contributed by atoms with Crippen LogP contribution < -0.4 is 14.4 Å². The van der Waals surface area contributed by atoms with Crippen molar-refractivity contribution in [3.05, 3.63) is 72.3 Å². The first-order valence-electron chi connectivity index (χ1n) is 13.6. The first-order chi connectivity index (χ1) is 20.8. The molecule has 0 bridgehead atoms. The Hall–Kier alpha value is -4.59. The fourth-order valence-electron chi connectivity index (χ4n) is 4.87. The van der Waals surface area contributed by atoms with Crippen molar-refractivity contribution >= 4 is 38.4 Å². The molecule has 1 aliphatic heterocycles. The van der Waals surface area contributed by atoms with E-state index in [1.54, 1.807) is 17.2 Å². The minimum absolute atomic E-state index is 0.147. The summed E-state index contributed by atoms with van der Waals surface area (Å²) in [6.45, 7) is 7.54. The summed E-state index contributed by atoms with van der Waals surface area (Å²) in [5.74, 6) is -4.57. The number of benzene rings is 2. The maximum atomic E-state index is 14.3. The standard InChI is InChI=1S/C30H30F3N5O5S/c1-30(2,3)43-29(39)38-11-9-37(10-12-38)26-7-8-34-24-6-5-18(13-21(24)26)19-14-25(28(42-4)35-17-19)36-44(40,41)27-22(32)15-20(31)16-23(27)33/h5-8,13-17,36H,9-12H2,1-4H3. The number of fused-ring (bicyclic) bond motifs is 1. The number of rotatable bonds is 6. The van der Waals surface area contributed by atoms with Gasteiger partial charge in [-0.2, -0.15) is 0 Å². The zero-order chi connectivity index (χ0) is 31.8. The van der Waals surface area contributed by atoms with Gasteiger partial charge in [0.1, 0.15) is 28.7 Å². The maximum absolute atomic E-state index is 14.3. The lowest BCUT2D eigenvalue weighted by Gasteiger charge is -2.37. The number of aromatic nitrogens is 2. The first-order valence-corrected chi connectivity index (χ1v) is 15.1. The van der Waals surface area contributed by atoms with E-state index < -0.39 is 38.0 Å². The Morgan fingerprint density at radius 2 is 1.61 bits per heavy atom. The molecule has 5 rings (SSSR count). The number of hydrogen-bond donors (Lipinski definition) is 1. The van der Waals surface area contributed by atoms with Gasteiger partial charge in [0.25, 0.3) is 10.0 Å². The molecule has 2 aromatic carbocycles. The SMILES string of the molecule is COc1ncc(-c2ccc3nccc(N4CCN(C(=O)OC(C)(C)C)CC4)c3c2)cc1NS(=O)(=O)c1c(F)cc(F)cc1F. The van der Waals surface area contributed by atoms with Crippen molar-refractivity contribution in [3.8, 4) is 17.0 Å². The van der Waals surface area contributed by atoms with Gasteiger partial charge in [0.2, 0.25) is 5.88 Å². The van der Waals surface area contributed by atoms with Crippen LogP contribution in [0, 0.1) is 17.5 Å². The smallest absolute Gasteiger partial charge is 0.410 e. The second kappa shape index (κ2) is 11.8. The third kappa shape index (κ3) is 6.49. The van der Waals surface area contributed by atoms with Crippen LogP contribution in [0.25, 0.3) is 22.0 Å². The highest BCUT2D eigenvalue weighted by molar-refractivity contribution is 7.92. The number of nitrogens with one attached hydrogen (secondary N) is 1. The monoisotopic (exact) mass is 629 g/mol. The van der Waals surface area contributed by atoms with Crippen LogP contribution in [-0.4, -0.2) is 68.3 Å². The average Bonchev–Trinajstić information content (AvgIpc) is 2.95. The largest absolute Gasteiger partial charge is 0.480 e. The lowest BCUT2D eigenvalue weighted by Crippen LogP contribution is -2.50. The zero-order valence-electron chi connectivity index (χ0n) is 24.4. The number of amides is 1. The van der Waals surface area contributed by atoms with E-state index in [-0.39, 0.29) is 29.8 Å². The van der Waals surface area contributed by atoms with E-state index in [4.69, 9.17) is 9.47 Å². The average molecular weight is 630 g/mol. The van der Waals surface area contributed by atoms with Gasteiger partial charge in [-0.15, -0.1) is 0 Å². The molecule has 3 heterocycles. The molecule has 44 heavy (non-hydrogen) atoms. The van der Waals surface area contributed by atoms with Gasteiger partial charge >= 0.3 is 6.09 Å². The fraction of sp³-hybridized carbons (Fsp3) is 0.300. The molecule has 0 saturated carbocycles. The molecule has 0 radical (unpaired) electrons. The van der Waals surface area contributed by atoms with E-state index >= 15 is 0 Å². The predicted molar refractivity (Wildman–Crippen MR) is 159 cm³/mol. The van der Waals surface area contributed by atoms with Crippen molar-refractivity contribution in [3.63, 3.8) is 0 Å². The number of pyridine rings is 2. The van der Waals surface area contributed by atoms with Gasteiger partial charge in [-0.3, -0.25) is 9.71 Å². The highest BCUT2D eigenvalue weighted by Crippen LogP contribution is 2.34. The van der Waals surface area contributed by atoms with Gasteiger partial charge in [-0.1, -0.05) is 6.07 Å². The van der Waals surface area contributed by atoms with E-state index in [1.807, 2.05) is 39.0 Å². The number of carbonyl (C=O) groups is 1. The Bertz CT molecular complexity index is 1820. The molecule has 232 valence electrons. The quantitative estimate of drug-likeness (QED) is 0.294. The van der Waals surface area contributed by atoms with Crippen molar-refractivity contribution in [1.82, 2.24) is 14.9 Å². The van der Waals surface area contributed by atoms with Crippen LogP contribution >= 0.6 is 0 Å². The first kappa shape index (κ1) is 30.9. The molecule has 14 heteroatoms. The van der Waals surface area contributed by atoms with Gasteiger partial charge in [0, 0.05) is 67.3 Å². The molecular weight excluding hydrogens is 599 g/mol. The summed E-state index contributed by atoms with van der Waals surface area (Å²) < 4.78 is 80.7. The van der Waals surface area contributed by atoms with Gasteiger partial charge in [0.15, 0.2) is 4.90 Å². The van der Waals surface area contributed by atoms with Crippen LogP contribution in [0.5, 0.6) is 5.88 Å². The third-order valence-electron chi connectivity index (χ3n) is 6.84. The molecule has 1 saturated heterocycles. The molecule has 0 unspecified atom stereocenters. The van der Waals surface area contributed by atoms with Gasteiger partial charge in [-0.25, -0.2) is 31.4 Å². The summed E-state index contributed by atoms with van der Waals surface area (Å²) >= 11 is 0. The lowest BCUT2D eigenvalue weighted by molar-refractivity contribution is 0.0240. The Labute approximate surface area is 252 Å². The second-order valence-electron chi connectivity index (χ2n) is 11.1. The number of sulfonamides is 1. The summed E-state index contributed by atoms with van der Waals surface area (Å²) in [6, 6.07) is 9.32. The topological polar surface area (TPSA) is 114 Å². The Balaban J connectivity index is 1.44. The highest BCUT2D eigenvalue weighted by Gasteiger charge is 2.28. The number of methoxy groups -OCH3 is 1. The molecule has 1 amide bonds. The molecule has 1 N–H and O–H groups in total. The van der Waals surface area contributed by atoms with E-state index in [0.29, 0.717) is 42.8 Å². The summed E-state index contributed by atoms with van der Waals surface area (Å²) in [6.07, 6.45) is 2.81. The third-order valence-corrected chi connectivity index (χ3v) is 8.26. The summed E-state index contributed by atoms with van der Waals surface area (Å²) in [5.41, 5.74) is 1.95. The van der Waals surface area contributed by atoms with E-state index in [1.165, 1.54) is 19.4 Å². The van der Waals surface area contributed by atoms with Crippen LogP contribution in [-0.2, 0) is 14.8 Å². The number of carbonyl (C=O) groups excluding carboxylic acids is 1. The molecule has 0 atom stereocenters. The molecule has 0 aliphatic carbocycles. The summed E-state index contributed by atoms with van der Waals surface area (Å²) in [5, 5.41) is 0.809. The lowest BCUT2D eigenvalue weighted by atomic mass is 10.0. The molecular formula is C30H30F3N5O5S. The zero-order valence-corrected chi connectivity index (χ0v) is 25.2. The van der Waals surface area contributed by atoms with E-state index in [0.717, 1.165) is 11.1 Å². The minimum atomic E-state index is -4.84. The van der Waals surface area contributed by atoms with Crippen molar-refractivity contribution in [2.45, 2.75) is 31.3 Å². The van der Waals surface area contributed by atoms with Crippen LogP contribution in [0.4, 0.5) is 29.3 Å². The van der Waals surface area contributed by atoms with Crippen molar-refractivity contribution in [1.29, 1.82) is 0 Å². The fourth-order valence-corrected chi connectivity index (χ4v) is 6.04. The number of nitrogens with zero attached hydrogens (tertiary/aromatic N) is 4. The van der Waals surface area contributed by atoms with Crippen molar-refractivity contribution in [2.75, 3.05) is 42.9 Å². The Morgan fingerprint density at radius 1 is 0.932 bits per heavy atom. The molecule has 1 fully saturated rings. The molecule has 1 aliphatic rings. The number of halogens is 3. The minimum Gasteiger partial charge on any atom is -0.480 e. The molecule has 2 aromatic heterocycles. The van der Waals surface area contributed by atoms with Crippen molar-refractivity contribution < 1.29 is 35.9 Å². The van der Waals surface area contributed by atoms with Gasteiger partial charge in [0.05, 0.1) is 12.6 Å². The second-order valence-corrected chi connectivity index (χ2v) is 12.7. The normalized spacial score (nSPS) is 14.1. The van der Waals surface area contributed by atoms with E-state index in [9.17, 15) is 26.4 Å². The number of ether oxygens (including phenoxy) is 2. The maximum Gasteiger partial charge on any atom is 0.410 e. The van der Waals surface area contributed by atoms with Crippen molar-refractivity contribution in [2.24, 2.45) is 0 Å². The van der Waals surface area contributed by atoms with Gasteiger partial charge < -0.3 is 19.3 Å². The Morgan fingerprint density at radius 3 is 2.25 bits per heavy atom. The number of hydrogen-bond acceptors (Lipinski definition) is 8. The highest BCUT2D eigenvalue weighted by atomic mass is 32.2. The van der Waals surface area contributed by atoms with E-state index in [2.05, 4.69) is 19.6 Å². The van der Waals surface area contributed by atoms with Crippen LogP contribution in [0.3, 0.4) is 0 Å². The molecule has 10 nitrogen and oxygen atoms in total. The van der Waals surface area contributed by atoms with Gasteiger partial charge in [-0.05, 0) is 50.6 Å².